The molecule has 0 aromatic heterocycles. The fourth-order valence-corrected chi connectivity index (χ4v) is 2.70. The molecule has 0 aliphatic rings. The Hall–Kier alpha value is -3.68. The summed E-state index contributed by atoms with van der Waals surface area (Å²) in [6, 6.07) is 8.32. The van der Waals surface area contributed by atoms with Gasteiger partial charge in [-0.15, -0.1) is 0 Å². The van der Waals surface area contributed by atoms with Crippen LogP contribution in [0.4, 0.5) is 17.6 Å². The predicted octanol–water partition coefficient (Wildman–Crippen LogP) is 4.97. The molecule has 2 N–H and O–H groups in total. The maximum Gasteiger partial charge on any atom is 0.335 e. The quantitative estimate of drug-likeness (QED) is 0.487. The molecule has 0 aliphatic heterocycles. The molecular weight excluding hydrogens is 380 g/mol. The molecule has 0 fully saturated rings. The van der Waals surface area contributed by atoms with Crippen LogP contribution in [0, 0.1) is 23.3 Å². The van der Waals surface area contributed by atoms with Crippen molar-refractivity contribution in [3.8, 4) is 22.3 Å². The molecule has 4 nitrogen and oxygen atoms in total. The van der Waals surface area contributed by atoms with Gasteiger partial charge in [-0.2, -0.15) is 0 Å². The number of rotatable bonds is 4. The van der Waals surface area contributed by atoms with Crippen LogP contribution in [0.25, 0.3) is 22.3 Å². The summed E-state index contributed by atoms with van der Waals surface area (Å²) >= 11 is 0. The van der Waals surface area contributed by atoms with Crippen molar-refractivity contribution in [2.45, 2.75) is 0 Å². The third-order valence-electron chi connectivity index (χ3n) is 4.10. The zero-order valence-electron chi connectivity index (χ0n) is 13.8. The van der Waals surface area contributed by atoms with Crippen molar-refractivity contribution in [2.75, 3.05) is 0 Å². The minimum atomic E-state index is -1.65. The zero-order chi connectivity index (χ0) is 20.6. The van der Waals surface area contributed by atoms with E-state index in [1.165, 1.54) is 0 Å². The normalized spacial score (nSPS) is 10.7. The molecular formula is C20H10F4O4. The summed E-state index contributed by atoms with van der Waals surface area (Å²) in [4.78, 5) is 21.7. The third kappa shape index (κ3) is 3.20. The first-order chi connectivity index (χ1) is 13.2. The van der Waals surface area contributed by atoms with E-state index in [9.17, 15) is 27.2 Å². The maximum atomic E-state index is 14.5. The van der Waals surface area contributed by atoms with Gasteiger partial charge in [-0.3, -0.25) is 0 Å². The van der Waals surface area contributed by atoms with Crippen LogP contribution >= 0.6 is 0 Å². The van der Waals surface area contributed by atoms with Gasteiger partial charge < -0.3 is 10.2 Å². The molecule has 0 amide bonds. The summed E-state index contributed by atoms with van der Waals surface area (Å²) in [5, 5.41) is 17.7. The Bertz CT molecular complexity index is 973. The lowest BCUT2D eigenvalue weighted by molar-refractivity contribution is 0.0686. The fraction of sp³-hybridized carbons (Fsp3) is 0. The molecule has 3 aromatic carbocycles. The summed E-state index contributed by atoms with van der Waals surface area (Å²) in [6.45, 7) is 0. The molecule has 3 aromatic rings. The van der Waals surface area contributed by atoms with E-state index in [0.717, 1.165) is 48.5 Å². The van der Waals surface area contributed by atoms with Gasteiger partial charge in [-0.05, 0) is 35.4 Å². The van der Waals surface area contributed by atoms with E-state index in [1.54, 1.807) is 0 Å². The van der Waals surface area contributed by atoms with Crippen LogP contribution in [-0.4, -0.2) is 22.2 Å². The average molecular weight is 390 g/mol. The minimum absolute atomic E-state index is 0.166. The first-order valence-corrected chi connectivity index (χ1v) is 7.75. The lowest BCUT2D eigenvalue weighted by Gasteiger charge is -2.13. The first kappa shape index (κ1) is 19.1. The highest BCUT2D eigenvalue weighted by Gasteiger charge is 2.27. The Morgan fingerprint density at radius 3 is 1.00 bits per heavy atom. The van der Waals surface area contributed by atoms with Gasteiger partial charge in [0.1, 0.15) is 0 Å². The van der Waals surface area contributed by atoms with Crippen LogP contribution in [0.15, 0.2) is 48.5 Å². The monoisotopic (exact) mass is 390 g/mol. The molecule has 3 rings (SSSR count). The molecule has 0 radical (unpaired) electrons. The Morgan fingerprint density at radius 1 is 0.536 bits per heavy atom. The topological polar surface area (TPSA) is 74.6 Å². The van der Waals surface area contributed by atoms with E-state index >= 15 is 0 Å². The number of hydrogen-bond acceptors (Lipinski definition) is 2. The summed E-state index contributed by atoms with van der Waals surface area (Å²) in [7, 11) is 0. The molecule has 0 atom stereocenters. The second kappa shape index (κ2) is 7.15. The van der Waals surface area contributed by atoms with Crippen molar-refractivity contribution in [1.82, 2.24) is 0 Å². The third-order valence-corrected chi connectivity index (χ3v) is 4.10. The van der Waals surface area contributed by atoms with Crippen LogP contribution in [-0.2, 0) is 0 Å². The zero-order valence-corrected chi connectivity index (χ0v) is 13.8. The Kier molecular flexibility index (Phi) is 4.87. The van der Waals surface area contributed by atoms with Gasteiger partial charge in [0.25, 0.3) is 0 Å². The molecule has 0 spiro atoms. The van der Waals surface area contributed by atoms with Crippen molar-refractivity contribution in [1.29, 1.82) is 0 Å². The van der Waals surface area contributed by atoms with E-state index in [1.807, 2.05) is 0 Å². The molecule has 142 valence electrons. The van der Waals surface area contributed by atoms with Crippen LogP contribution < -0.4 is 0 Å². The molecule has 0 saturated carbocycles. The second-order valence-corrected chi connectivity index (χ2v) is 5.77. The number of benzene rings is 3. The van der Waals surface area contributed by atoms with Gasteiger partial charge in [0.2, 0.25) is 0 Å². The minimum Gasteiger partial charge on any atom is -0.478 e. The molecule has 28 heavy (non-hydrogen) atoms. The lowest BCUT2D eigenvalue weighted by atomic mass is 9.96. The second-order valence-electron chi connectivity index (χ2n) is 5.77. The highest BCUT2D eigenvalue weighted by molar-refractivity contribution is 5.89. The van der Waals surface area contributed by atoms with Crippen molar-refractivity contribution in [2.24, 2.45) is 0 Å². The van der Waals surface area contributed by atoms with Gasteiger partial charge in [0.05, 0.1) is 22.3 Å². The molecule has 0 bridgehead atoms. The van der Waals surface area contributed by atoms with Gasteiger partial charge in [0.15, 0.2) is 23.3 Å². The summed E-state index contributed by atoms with van der Waals surface area (Å²) in [5.41, 5.74) is -2.77. The van der Waals surface area contributed by atoms with Crippen molar-refractivity contribution in [3.05, 3.63) is 82.9 Å². The van der Waals surface area contributed by atoms with Crippen molar-refractivity contribution < 1.29 is 37.4 Å². The van der Waals surface area contributed by atoms with E-state index in [4.69, 9.17) is 10.2 Å². The number of carboxylic acid groups (broad SMARTS) is 2. The number of halogens is 4. The van der Waals surface area contributed by atoms with E-state index in [0.29, 0.717) is 0 Å². The van der Waals surface area contributed by atoms with E-state index in [2.05, 4.69) is 0 Å². The van der Waals surface area contributed by atoms with E-state index < -0.39 is 46.3 Å². The SMILES string of the molecule is O=C(O)c1ccc(-c2c(F)c(F)c(-c3ccc(C(=O)O)cc3)c(F)c2F)cc1. The van der Waals surface area contributed by atoms with Gasteiger partial charge in [0, 0.05) is 0 Å². The van der Waals surface area contributed by atoms with Crippen LogP contribution in [0.3, 0.4) is 0 Å². The first-order valence-electron chi connectivity index (χ1n) is 7.75. The standard InChI is InChI=1S/C20H10F4O4/c21-15-13(9-1-5-11(6-2-9)19(25)26)16(22)18(24)14(17(15)23)10-3-7-12(8-4-10)20(27)28/h1-8H,(H,25,26)(H,27,28). The summed E-state index contributed by atoms with van der Waals surface area (Å²) in [6.07, 6.45) is 0. The highest BCUT2D eigenvalue weighted by atomic mass is 19.2. The highest BCUT2D eigenvalue weighted by Crippen LogP contribution is 2.37. The van der Waals surface area contributed by atoms with Crippen LogP contribution in [0.2, 0.25) is 0 Å². The van der Waals surface area contributed by atoms with Crippen LogP contribution in [0.1, 0.15) is 20.7 Å². The average Bonchev–Trinajstić information content (AvgIpc) is 2.67. The fourth-order valence-electron chi connectivity index (χ4n) is 2.70. The van der Waals surface area contributed by atoms with Crippen LogP contribution in [0.5, 0.6) is 0 Å². The largest absolute Gasteiger partial charge is 0.478 e. The summed E-state index contributed by atoms with van der Waals surface area (Å²) in [5.74, 6) is -9.16. The van der Waals surface area contributed by atoms with Gasteiger partial charge in [-0.1, -0.05) is 24.3 Å². The number of carbonyl (C=O) groups is 2. The number of aromatic carboxylic acids is 2. The molecule has 0 aliphatic carbocycles. The molecule has 8 heteroatoms. The number of carboxylic acids is 2. The maximum absolute atomic E-state index is 14.5. The Morgan fingerprint density at radius 2 is 0.786 bits per heavy atom. The predicted molar refractivity (Wildman–Crippen MR) is 91.1 cm³/mol. The van der Waals surface area contributed by atoms with Gasteiger partial charge >= 0.3 is 11.9 Å². The van der Waals surface area contributed by atoms with E-state index in [-0.39, 0.29) is 22.3 Å². The van der Waals surface area contributed by atoms with Gasteiger partial charge in [-0.25, -0.2) is 27.2 Å². The lowest BCUT2D eigenvalue weighted by Crippen LogP contribution is -2.04. The molecule has 0 heterocycles. The smallest absolute Gasteiger partial charge is 0.335 e. The van der Waals surface area contributed by atoms with Crippen molar-refractivity contribution in [3.63, 3.8) is 0 Å². The summed E-state index contributed by atoms with van der Waals surface area (Å²) < 4.78 is 58.2. The molecule has 0 unspecified atom stereocenters. The van der Waals surface area contributed by atoms with Crippen molar-refractivity contribution >= 4 is 11.9 Å². The number of hydrogen-bond donors (Lipinski definition) is 2. The molecule has 0 saturated heterocycles. The Balaban J connectivity index is 2.16. The Labute approximate surface area is 155 Å².